The lowest BCUT2D eigenvalue weighted by molar-refractivity contribution is 0.0907. The molecule has 0 aliphatic rings. The van der Waals surface area contributed by atoms with Crippen molar-refractivity contribution in [2.75, 3.05) is 14.2 Å². The molecule has 0 aromatic heterocycles. The number of nitrogens with one attached hydrogen (secondary N) is 1. The third-order valence-corrected chi connectivity index (χ3v) is 4.23. The molecule has 1 N–H and O–H groups in total. The van der Waals surface area contributed by atoms with Crippen LogP contribution in [0.5, 0.6) is 11.5 Å². The molecule has 0 saturated carbocycles. The SMILES string of the molecule is COc1cccc(OC)c1C(=O)NC(C)(C)C(C)Br. The summed E-state index contributed by atoms with van der Waals surface area (Å²) in [6, 6.07) is 5.26. The van der Waals surface area contributed by atoms with Crippen LogP contribution < -0.4 is 14.8 Å². The number of ether oxygens (including phenoxy) is 2. The summed E-state index contributed by atoms with van der Waals surface area (Å²) in [7, 11) is 3.06. The van der Waals surface area contributed by atoms with E-state index in [4.69, 9.17) is 9.47 Å². The van der Waals surface area contributed by atoms with Gasteiger partial charge in [0.1, 0.15) is 17.1 Å². The molecule has 1 aromatic rings. The first-order valence-electron chi connectivity index (χ1n) is 6.01. The Balaban J connectivity index is 3.12. The van der Waals surface area contributed by atoms with E-state index < -0.39 is 0 Å². The first-order chi connectivity index (χ1) is 8.83. The molecule has 5 heteroatoms. The Morgan fingerprint density at radius 1 is 1.26 bits per heavy atom. The maximum Gasteiger partial charge on any atom is 0.259 e. The normalized spacial score (nSPS) is 12.7. The standard InChI is InChI=1S/C14H20BrNO3/c1-9(15)14(2,3)16-13(17)12-10(18-4)7-6-8-11(12)19-5/h6-9H,1-5H3,(H,16,17). The summed E-state index contributed by atoms with van der Waals surface area (Å²) in [6.07, 6.45) is 0. The Bertz CT molecular complexity index is 436. The predicted molar refractivity (Wildman–Crippen MR) is 79.5 cm³/mol. The molecule has 0 aliphatic carbocycles. The highest BCUT2D eigenvalue weighted by Gasteiger charge is 2.28. The zero-order chi connectivity index (χ0) is 14.6. The number of carbonyl (C=O) groups is 1. The molecule has 0 saturated heterocycles. The second kappa shape index (κ2) is 6.28. The number of alkyl halides is 1. The van der Waals surface area contributed by atoms with E-state index in [0.29, 0.717) is 17.1 Å². The van der Waals surface area contributed by atoms with E-state index in [9.17, 15) is 4.79 Å². The summed E-state index contributed by atoms with van der Waals surface area (Å²) in [4.78, 5) is 12.6. The minimum Gasteiger partial charge on any atom is -0.496 e. The van der Waals surface area contributed by atoms with Crippen molar-refractivity contribution in [3.05, 3.63) is 23.8 Å². The van der Waals surface area contributed by atoms with Crippen LogP contribution in [0.2, 0.25) is 0 Å². The molecule has 19 heavy (non-hydrogen) atoms. The second-order valence-electron chi connectivity index (χ2n) is 4.83. The van der Waals surface area contributed by atoms with Crippen LogP contribution in [0.4, 0.5) is 0 Å². The van der Waals surface area contributed by atoms with Crippen LogP contribution in [0.3, 0.4) is 0 Å². The van der Waals surface area contributed by atoms with Crippen LogP contribution >= 0.6 is 15.9 Å². The van der Waals surface area contributed by atoms with Gasteiger partial charge in [0, 0.05) is 10.4 Å². The summed E-state index contributed by atoms with van der Waals surface area (Å²) < 4.78 is 10.5. The quantitative estimate of drug-likeness (QED) is 0.845. The molecule has 4 nitrogen and oxygen atoms in total. The van der Waals surface area contributed by atoms with Crippen LogP contribution in [0.15, 0.2) is 18.2 Å². The van der Waals surface area contributed by atoms with Gasteiger partial charge in [0.15, 0.2) is 0 Å². The highest BCUT2D eigenvalue weighted by Crippen LogP contribution is 2.29. The van der Waals surface area contributed by atoms with Crippen molar-refractivity contribution in [1.82, 2.24) is 5.32 Å². The van der Waals surface area contributed by atoms with Crippen LogP contribution in [0.1, 0.15) is 31.1 Å². The number of hydrogen-bond acceptors (Lipinski definition) is 3. The Kier molecular flexibility index (Phi) is 5.23. The maximum atomic E-state index is 12.4. The molecular weight excluding hydrogens is 310 g/mol. The van der Waals surface area contributed by atoms with Gasteiger partial charge < -0.3 is 14.8 Å². The summed E-state index contributed by atoms with van der Waals surface area (Å²) in [5, 5.41) is 2.98. The number of hydrogen-bond donors (Lipinski definition) is 1. The van der Waals surface area contributed by atoms with E-state index in [1.54, 1.807) is 18.2 Å². The average molecular weight is 330 g/mol. The molecule has 1 aromatic carbocycles. The highest BCUT2D eigenvalue weighted by molar-refractivity contribution is 9.09. The molecule has 0 aliphatic heterocycles. The fraction of sp³-hybridized carbons (Fsp3) is 0.500. The first-order valence-corrected chi connectivity index (χ1v) is 6.92. The Morgan fingerprint density at radius 2 is 1.74 bits per heavy atom. The summed E-state index contributed by atoms with van der Waals surface area (Å²) >= 11 is 3.49. The minimum atomic E-state index is -0.386. The van der Waals surface area contributed by atoms with E-state index in [1.165, 1.54) is 14.2 Å². The smallest absolute Gasteiger partial charge is 0.259 e. The number of rotatable bonds is 5. The number of halogens is 1. The van der Waals surface area contributed by atoms with Crippen molar-refractivity contribution in [3.8, 4) is 11.5 Å². The Labute approximate surface area is 122 Å². The van der Waals surface area contributed by atoms with Crippen LogP contribution in [-0.4, -0.2) is 30.5 Å². The molecule has 0 radical (unpaired) electrons. The van der Waals surface area contributed by atoms with Gasteiger partial charge in [-0.3, -0.25) is 4.79 Å². The molecule has 0 bridgehead atoms. The molecule has 0 heterocycles. The van der Waals surface area contributed by atoms with Gasteiger partial charge in [-0.05, 0) is 26.0 Å². The Morgan fingerprint density at radius 3 is 2.11 bits per heavy atom. The summed E-state index contributed by atoms with van der Waals surface area (Å²) in [5.74, 6) is 0.773. The number of benzene rings is 1. The van der Waals surface area contributed by atoms with Gasteiger partial charge in [-0.15, -0.1) is 0 Å². The highest BCUT2D eigenvalue weighted by atomic mass is 79.9. The first kappa shape index (κ1) is 15.8. The fourth-order valence-electron chi connectivity index (χ4n) is 1.53. The third-order valence-electron chi connectivity index (χ3n) is 3.09. The second-order valence-corrected chi connectivity index (χ2v) is 6.20. The zero-order valence-electron chi connectivity index (χ0n) is 11.9. The molecule has 1 unspecified atom stereocenters. The lowest BCUT2D eigenvalue weighted by Crippen LogP contribution is -2.48. The molecule has 1 amide bonds. The molecule has 106 valence electrons. The van der Waals surface area contributed by atoms with E-state index in [1.807, 2.05) is 20.8 Å². The minimum absolute atomic E-state index is 0.129. The topological polar surface area (TPSA) is 47.6 Å². The molecular formula is C14H20BrNO3. The van der Waals surface area contributed by atoms with Gasteiger partial charge in [-0.1, -0.05) is 28.9 Å². The zero-order valence-corrected chi connectivity index (χ0v) is 13.5. The van der Waals surface area contributed by atoms with Gasteiger partial charge in [0.05, 0.1) is 14.2 Å². The molecule has 0 fully saturated rings. The predicted octanol–water partition coefficient (Wildman–Crippen LogP) is 3.00. The molecule has 1 atom stereocenters. The maximum absolute atomic E-state index is 12.4. The van der Waals surface area contributed by atoms with Crippen molar-refractivity contribution in [2.24, 2.45) is 0 Å². The van der Waals surface area contributed by atoms with Crippen molar-refractivity contribution in [2.45, 2.75) is 31.1 Å². The van der Waals surface area contributed by atoms with Crippen molar-refractivity contribution < 1.29 is 14.3 Å². The Hall–Kier alpha value is -1.23. The van der Waals surface area contributed by atoms with E-state index in [0.717, 1.165) is 0 Å². The molecule has 0 spiro atoms. The average Bonchev–Trinajstić information content (AvgIpc) is 2.36. The van der Waals surface area contributed by atoms with Crippen molar-refractivity contribution in [3.63, 3.8) is 0 Å². The lowest BCUT2D eigenvalue weighted by atomic mass is 10.0. The van der Waals surface area contributed by atoms with Gasteiger partial charge in [-0.2, -0.15) is 0 Å². The lowest BCUT2D eigenvalue weighted by Gasteiger charge is -2.29. The van der Waals surface area contributed by atoms with Crippen LogP contribution in [-0.2, 0) is 0 Å². The van der Waals surface area contributed by atoms with E-state index in [2.05, 4.69) is 21.2 Å². The monoisotopic (exact) mass is 329 g/mol. The third kappa shape index (κ3) is 3.62. The largest absolute Gasteiger partial charge is 0.496 e. The number of methoxy groups -OCH3 is 2. The van der Waals surface area contributed by atoms with Gasteiger partial charge in [0.2, 0.25) is 0 Å². The van der Waals surface area contributed by atoms with E-state index in [-0.39, 0.29) is 16.3 Å². The van der Waals surface area contributed by atoms with Gasteiger partial charge in [-0.25, -0.2) is 0 Å². The number of amides is 1. The van der Waals surface area contributed by atoms with Crippen molar-refractivity contribution >= 4 is 21.8 Å². The van der Waals surface area contributed by atoms with Gasteiger partial charge >= 0.3 is 0 Å². The fourth-order valence-corrected chi connectivity index (χ4v) is 1.64. The summed E-state index contributed by atoms with van der Waals surface area (Å²) in [5.41, 5.74) is 0.0249. The van der Waals surface area contributed by atoms with Gasteiger partial charge in [0.25, 0.3) is 5.91 Å². The number of carbonyl (C=O) groups excluding carboxylic acids is 1. The molecule has 1 rings (SSSR count). The van der Waals surface area contributed by atoms with E-state index >= 15 is 0 Å². The van der Waals surface area contributed by atoms with Crippen LogP contribution in [0.25, 0.3) is 0 Å². The summed E-state index contributed by atoms with van der Waals surface area (Å²) in [6.45, 7) is 5.89. The van der Waals surface area contributed by atoms with Crippen LogP contribution in [0, 0.1) is 0 Å². The van der Waals surface area contributed by atoms with Crippen molar-refractivity contribution in [1.29, 1.82) is 0 Å².